The van der Waals surface area contributed by atoms with Gasteiger partial charge in [-0.3, -0.25) is 0 Å². The largest absolute Gasteiger partial charge is 0.477 e. The molecule has 0 bridgehead atoms. The number of aromatic carboxylic acids is 1. The first kappa shape index (κ1) is 14.4. The fourth-order valence-electron chi connectivity index (χ4n) is 1.68. The van der Waals surface area contributed by atoms with Crippen LogP contribution in [0, 0.1) is 0 Å². The molecule has 0 spiro atoms. The van der Waals surface area contributed by atoms with Crippen LogP contribution < -0.4 is 4.74 Å². The maximum Gasteiger partial charge on any atom is 0.341 e. The van der Waals surface area contributed by atoms with E-state index in [1.165, 1.54) is 31.5 Å². The average molecular weight is 252 g/mol. The maximum absolute atomic E-state index is 11.0. The standard InChI is InChI=1S/C13H20N2O3/c1-3-4-5-6-7-10(2)18-12-11(13(16)17)8-9-14-15-12/h8-10H,3-7H2,1-2H3,(H,16,17). The smallest absolute Gasteiger partial charge is 0.341 e. The summed E-state index contributed by atoms with van der Waals surface area (Å²) >= 11 is 0. The highest BCUT2D eigenvalue weighted by Gasteiger charge is 2.15. The molecule has 0 amide bonds. The van der Waals surface area contributed by atoms with Gasteiger partial charge < -0.3 is 9.84 Å². The molecule has 1 rings (SSSR count). The molecule has 5 nitrogen and oxygen atoms in total. The molecular formula is C13H20N2O3. The zero-order valence-corrected chi connectivity index (χ0v) is 10.9. The van der Waals surface area contributed by atoms with Gasteiger partial charge in [0.1, 0.15) is 5.56 Å². The molecule has 0 saturated heterocycles. The Bertz CT molecular complexity index is 382. The van der Waals surface area contributed by atoms with Crippen LogP contribution in [0.2, 0.25) is 0 Å². The lowest BCUT2D eigenvalue weighted by Gasteiger charge is -2.14. The first-order valence-corrected chi connectivity index (χ1v) is 6.36. The van der Waals surface area contributed by atoms with Crippen molar-refractivity contribution in [3.63, 3.8) is 0 Å². The Morgan fingerprint density at radius 1 is 1.44 bits per heavy atom. The van der Waals surface area contributed by atoms with Crippen molar-refractivity contribution in [1.82, 2.24) is 10.2 Å². The number of carboxylic acids is 1. The second-order valence-electron chi connectivity index (χ2n) is 4.33. The summed E-state index contributed by atoms with van der Waals surface area (Å²) in [5.41, 5.74) is 0.0606. The summed E-state index contributed by atoms with van der Waals surface area (Å²) in [7, 11) is 0. The van der Waals surface area contributed by atoms with Crippen LogP contribution in [0.5, 0.6) is 5.88 Å². The summed E-state index contributed by atoms with van der Waals surface area (Å²) in [6.07, 6.45) is 6.88. The Morgan fingerprint density at radius 3 is 2.89 bits per heavy atom. The molecule has 1 aromatic heterocycles. The van der Waals surface area contributed by atoms with E-state index >= 15 is 0 Å². The number of carbonyl (C=O) groups is 1. The molecule has 1 aromatic rings. The number of unbranched alkanes of at least 4 members (excludes halogenated alkanes) is 3. The van der Waals surface area contributed by atoms with Crippen molar-refractivity contribution in [1.29, 1.82) is 0 Å². The SMILES string of the molecule is CCCCCCC(C)Oc1nnccc1C(=O)O. The summed E-state index contributed by atoms with van der Waals surface area (Å²) in [5, 5.41) is 16.4. The molecule has 1 atom stereocenters. The topological polar surface area (TPSA) is 72.3 Å². The summed E-state index contributed by atoms with van der Waals surface area (Å²) in [6.45, 7) is 4.09. The predicted octanol–water partition coefficient (Wildman–Crippen LogP) is 2.91. The quantitative estimate of drug-likeness (QED) is 0.720. The molecule has 0 aliphatic rings. The second kappa shape index (κ2) is 7.63. The van der Waals surface area contributed by atoms with E-state index in [0.29, 0.717) is 0 Å². The molecular weight excluding hydrogens is 232 g/mol. The van der Waals surface area contributed by atoms with Crippen molar-refractivity contribution in [2.75, 3.05) is 0 Å². The number of nitrogens with zero attached hydrogens (tertiary/aromatic N) is 2. The van der Waals surface area contributed by atoms with E-state index in [0.717, 1.165) is 12.8 Å². The minimum atomic E-state index is -1.04. The van der Waals surface area contributed by atoms with Crippen molar-refractivity contribution < 1.29 is 14.6 Å². The normalized spacial score (nSPS) is 12.1. The zero-order valence-electron chi connectivity index (χ0n) is 10.9. The van der Waals surface area contributed by atoms with Gasteiger partial charge in [-0.05, 0) is 25.8 Å². The highest BCUT2D eigenvalue weighted by molar-refractivity contribution is 5.89. The minimum absolute atomic E-state index is 0.0448. The molecule has 1 heterocycles. The monoisotopic (exact) mass is 252 g/mol. The van der Waals surface area contributed by atoms with Crippen LogP contribution in [-0.2, 0) is 0 Å². The van der Waals surface area contributed by atoms with Gasteiger partial charge in [0.05, 0.1) is 12.3 Å². The molecule has 0 aliphatic carbocycles. The van der Waals surface area contributed by atoms with Crippen molar-refractivity contribution in [2.24, 2.45) is 0 Å². The molecule has 0 fully saturated rings. The first-order chi connectivity index (χ1) is 8.65. The Morgan fingerprint density at radius 2 is 2.22 bits per heavy atom. The first-order valence-electron chi connectivity index (χ1n) is 6.36. The Labute approximate surface area is 107 Å². The number of carboxylic acid groups (broad SMARTS) is 1. The van der Waals surface area contributed by atoms with Gasteiger partial charge in [-0.25, -0.2) is 4.79 Å². The second-order valence-corrected chi connectivity index (χ2v) is 4.33. The van der Waals surface area contributed by atoms with Gasteiger partial charge in [-0.2, -0.15) is 5.10 Å². The van der Waals surface area contributed by atoms with Gasteiger partial charge in [0.2, 0.25) is 5.88 Å². The number of aromatic nitrogens is 2. The maximum atomic E-state index is 11.0. The van der Waals surface area contributed by atoms with Crippen molar-refractivity contribution in [2.45, 2.75) is 52.1 Å². The van der Waals surface area contributed by atoms with Crippen LogP contribution in [-0.4, -0.2) is 27.4 Å². The van der Waals surface area contributed by atoms with E-state index in [-0.39, 0.29) is 17.5 Å². The van der Waals surface area contributed by atoms with E-state index < -0.39 is 5.97 Å². The fraction of sp³-hybridized carbons (Fsp3) is 0.615. The van der Waals surface area contributed by atoms with Gasteiger partial charge in [0.25, 0.3) is 0 Å². The molecule has 0 saturated carbocycles. The lowest BCUT2D eigenvalue weighted by atomic mass is 10.1. The van der Waals surface area contributed by atoms with Crippen LogP contribution >= 0.6 is 0 Å². The summed E-state index contributed by atoms with van der Waals surface area (Å²) in [4.78, 5) is 11.0. The van der Waals surface area contributed by atoms with Crippen molar-refractivity contribution in [3.8, 4) is 5.88 Å². The number of hydrogen-bond acceptors (Lipinski definition) is 4. The van der Waals surface area contributed by atoms with Gasteiger partial charge >= 0.3 is 5.97 Å². The van der Waals surface area contributed by atoms with Gasteiger partial charge in [0, 0.05) is 0 Å². The number of hydrogen-bond donors (Lipinski definition) is 1. The zero-order chi connectivity index (χ0) is 13.4. The third-order valence-corrected chi connectivity index (χ3v) is 2.69. The van der Waals surface area contributed by atoms with Gasteiger partial charge in [-0.1, -0.05) is 26.2 Å². The lowest BCUT2D eigenvalue weighted by Crippen LogP contribution is -2.15. The number of ether oxygens (including phenoxy) is 1. The van der Waals surface area contributed by atoms with Crippen molar-refractivity contribution in [3.05, 3.63) is 17.8 Å². The highest BCUT2D eigenvalue weighted by atomic mass is 16.5. The van der Waals surface area contributed by atoms with Crippen LogP contribution in [0.1, 0.15) is 56.3 Å². The van der Waals surface area contributed by atoms with E-state index in [1.54, 1.807) is 0 Å². The van der Waals surface area contributed by atoms with E-state index in [9.17, 15) is 4.79 Å². The minimum Gasteiger partial charge on any atom is -0.477 e. The Balaban J connectivity index is 2.48. The van der Waals surface area contributed by atoms with Crippen LogP contribution in [0.4, 0.5) is 0 Å². The molecule has 1 N–H and O–H groups in total. The van der Waals surface area contributed by atoms with Crippen LogP contribution in [0.25, 0.3) is 0 Å². The molecule has 0 radical (unpaired) electrons. The lowest BCUT2D eigenvalue weighted by molar-refractivity contribution is 0.0687. The third-order valence-electron chi connectivity index (χ3n) is 2.69. The van der Waals surface area contributed by atoms with E-state index in [1.807, 2.05) is 6.92 Å². The Kier molecular flexibility index (Phi) is 6.11. The average Bonchev–Trinajstić information content (AvgIpc) is 2.35. The molecule has 0 aromatic carbocycles. The Hall–Kier alpha value is -1.65. The summed E-state index contributed by atoms with van der Waals surface area (Å²) < 4.78 is 5.53. The van der Waals surface area contributed by atoms with Crippen molar-refractivity contribution >= 4 is 5.97 Å². The third kappa shape index (κ3) is 4.69. The summed E-state index contributed by atoms with van der Waals surface area (Å²) in [6, 6.07) is 1.40. The molecule has 18 heavy (non-hydrogen) atoms. The van der Waals surface area contributed by atoms with Crippen LogP contribution in [0.15, 0.2) is 12.3 Å². The molecule has 1 unspecified atom stereocenters. The van der Waals surface area contributed by atoms with E-state index in [4.69, 9.17) is 9.84 Å². The van der Waals surface area contributed by atoms with Crippen LogP contribution in [0.3, 0.4) is 0 Å². The van der Waals surface area contributed by atoms with Gasteiger partial charge in [-0.15, -0.1) is 5.10 Å². The van der Waals surface area contributed by atoms with E-state index in [2.05, 4.69) is 17.1 Å². The fourth-order valence-corrected chi connectivity index (χ4v) is 1.68. The summed E-state index contributed by atoms with van der Waals surface area (Å²) in [5.74, 6) is -0.939. The van der Waals surface area contributed by atoms with Gasteiger partial charge in [0.15, 0.2) is 0 Å². The highest BCUT2D eigenvalue weighted by Crippen LogP contribution is 2.17. The number of rotatable bonds is 8. The molecule has 0 aliphatic heterocycles. The molecule has 100 valence electrons. The predicted molar refractivity (Wildman–Crippen MR) is 67.8 cm³/mol. The molecule has 5 heteroatoms.